The van der Waals surface area contributed by atoms with Crippen molar-refractivity contribution in [3.8, 4) is 0 Å². The highest BCUT2D eigenvalue weighted by molar-refractivity contribution is 7.99. The molecule has 0 saturated heterocycles. The van der Waals surface area contributed by atoms with Crippen LogP contribution in [0.15, 0.2) is 64.5 Å². The van der Waals surface area contributed by atoms with Gasteiger partial charge in [0.1, 0.15) is 0 Å². The number of hydrogen-bond donors (Lipinski definition) is 2. The van der Waals surface area contributed by atoms with Crippen LogP contribution in [0.1, 0.15) is 6.92 Å². The first kappa shape index (κ1) is 12.8. The number of carbonyl (C=O) groups is 1. The first-order valence-corrected chi connectivity index (χ1v) is 7.15. The van der Waals surface area contributed by atoms with E-state index in [1.165, 1.54) is 17.2 Å². The van der Waals surface area contributed by atoms with Gasteiger partial charge >= 0.3 is 0 Å². The van der Waals surface area contributed by atoms with Crippen LogP contribution in [0.2, 0.25) is 0 Å². The molecule has 0 bridgehead atoms. The second-order valence-corrected chi connectivity index (χ2v) is 5.62. The Labute approximate surface area is 121 Å². The molecule has 0 fully saturated rings. The molecule has 2 N–H and O–H groups in total. The fourth-order valence-electron chi connectivity index (χ4n) is 2.07. The first-order chi connectivity index (χ1) is 9.72. The summed E-state index contributed by atoms with van der Waals surface area (Å²) in [5, 5.41) is 3.99. The van der Waals surface area contributed by atoms with E-state index in [0.717, 1.165) is 16.1 Å². The van der Waals surface area contributed by atoms with Gasteiger partial charge in [-0.2, -0.15) is 0 Å². The van der Waals surface area contributed by atoms with Crippen LogP contribution < -0.4 is 5.32 Å². The second kappa shape index (κ2) is 5.43. The molecule has 0 aliphatic carbocycles. The summed E-state index contributed by atoms with van der Waals surface area (Å²) in [4.78, 5) is 16.6. The number of amides is 1. The van der Waals surface area contributed by atoms with E-state index in [1.807, 2.05) is 42.6 Å². The predicted molar refractivity (Wildman–Crippen MR) is 83.2 cm³/mol. The molecule has 0 unspecified atom stereocenters. The Morgan fingerprint density at radius 1 is 1.10 bits per heavy atom. The Kier molecular flexibility index (Phi) is 3.48. The highest BCUT2D eigenvalue weighted by atomic mass is 32.2. The maximum absolute atomic E-state index is 11.0. The van der Waals surface area contributed by atoms with E-state index >= 15 is 0 Å². The number of hydrogen-bond acceptors (Lipinski definition) is 2. The van der Waals surface area contributed by atoms with Crippen LogP contribution in [0.3, 0.4) is 0 Å². The fraction of sp³-hybridized carbons (Fsp3) is 0.0625. The summed E-state index contributed by atoms with van der Waals surface area (Å²) in [7, 11) is 0. The zero-order chi connectivity index (χ0) is 13.9. The molecule has 0 radical (unpaired) electrons. The molecule has 1 heterocycles. The Morgan fingerprint density at radius 2 is 1.85 bits per heavy atom. The molecule has 4 heteroatoms. The topological polar surface area (TPSA) is 44.9 Å². The Bertz CT molecular complexity index is 747. The molecular formula is C16H14N2OS. The average Bonchev–Trinajstić information content (AvgIpc) is 2.84. The molecule has 0 aliphatic heterocycles. The summed E-state index contributed by atoms with van der Waals surface area (Å²) in [6.45, 7) is 1.51. The van der Waals surface area contributed by atoms with E-state index in [1.54, 1.807) is 11.8 Å². The normalized spacial score (nSPS) is 10.7. The third-order valence-corrected chi connectivity index (χ3v) is 4.02. The summed E-state index contributed by atoms with van der Waals surface area (Å²) < 4.78 is 0. The van der Waals surface area contributed by atoms with Gasteiger partial charge in [0.15, 0.2) is 0 Å². The van der Waals surface area contributed by atoms with E-state index in [-0.39, 0.29) is 5.91 Å². The van der Waals surface area contributed by atoms with Crippen molar-refractivity contribution in [3.63, 3.8) is 0 Å². The first-order valence-electron chi connectivity index (χ1n) is 6.34. The number of rotatable bonds is 3. The van der Waals surface area contributed by atoms with E-state index in [9.17, 15) is 4.79 Å². The average molecular weight is 282 g/mol. The number of anilines is 1. The Hall–Kier alpha value is -2.20. The molecule has 0 atom stereocenters. The zero-order valence-corrected chi connectivity index (χ0v) is 11.8. The van der Waals surface area contributed by atoms with Gasteiger partial charge in [0.25, 0.3) is 0 Å². The number of benzene rings is 2. The van der Waals surface area contributed by atoms with Crippen molar-refractivity contribution in [2.24, 2.45) is 0 Å². The van der Waals surface area contributed by atoms with Gasteiger partial charge in [0.2, 0.25) is 5.91 Å². The second-order valence-electron chi connectivity index (χ2n) is 4.51. The van der Waals surface area contributed by atoms with Crippen molar-refractivity contribution in [1.82, 2.24) is 4.98 Å². The Balaban J connectivity index is 1.82. The minimum Gasteiger partial charge on any atom is -0.360 e. The lowest BCUT2D eigenvalue weighted by molar-refractivity contribution is -0.114. The summed E-state index contributed by atoms with van der Waals surface area (Å²) in [6.07, 6.45) is 2.02. The van der Waals surface area contributed by atoms with E-state index in [4.69, 9.17) is 0 Å². The van der Waals surface area contributed by atoms with Gasteiger partial charge in [-0.05, 0) is 30.3 Å². The molecule has 100 valence electrons. The standard InChI is InChI=1S/C16H14N2OS/c1-11(19)18-12-6-8-13(9-7-12)20-16-10-17-15-5-3-2-4-14(15)16/h2-10,17H,1H3,(H,18,19). The maximum atomic E-state index is 11.0. The fourth-order valence-corrected chi connectivity index (χ4v) is 3.00. The monoisotopic (exact) mass is 282 g/mol. The summed E-state index contributed by atoms with van der Waals surface area (Å²) in [6, 6.07) is 16.1. The van der Waals surface area contributed by atoms with E-state index in [0.29, 0.717) is 0 Å². The van der Waals surface area contributed by atoms with Crippen molar-refractivity contribution in [2.45, 2.75) is 16.7 Å². The highest BCUT2D eigenvalue weighted by Gasteiger charge is 2.05. The van der Waals surface area contributed by atoms with Gasteiger partial charge in [0.05, 0.1) is 0 Å². The molecular weight excluding hydrogens is 268 g/mol. The minimum atomic E-state index is -0.0537. The smallest absolute Gasteiger partial charge is 0.221 e. The van der Waals surface area contributed by atoms with E-state index in [2.05, 4.69) is 22.4 Å². The van der Waals surface area contributed by atoms with Gasteiger partial charge in [-0.1, -0.05) is 30.0 Å². The lowest BCUT2D eigenvalue weighted by atomic mass is 10.2. The molecule has 0 saturated carbocycles. The largest absolute Gasteiger partial charge is 0.360 e. The molecule has 1 amide bonds. The van der Waals surface area contributed by atoms with Crippen molar-refractivity contribution < 1.29 is 4.79 Å². The van der Waals surface area contributed by atoms with Gasteiger partial charge in [0, 0.05) is 39.5 Å². The van der Waals surface area contributed by atoms with Crippen molar-refractivity contribution in [1.29, 1.82) is 0 Å². The molecule has 2 aromatic carbocycles. The van der Waals surface area contributed by atoms with Gasteiger partial charge in [-0.25, -0.2) is 0 Å². The quantitative estimate of drug-likeness (QED) is 0.753. The van der Waals surface area contributed by atoms with Crippen LogP contribution in [-0.2, 0) is 4.79 Å². The van der Waals surface area contributed by atoms with Crippen LogP contribution in [-0.4, -0.2) is 10.9 Å². The number of H-pyrrole nitrogens is 1. The molecule has 20 heavy (non-hydrogen) atoms. The predicted octanol–water partition coefficient (Wildman–Crippen LogP) is 4.28. The van der Waals surface area contributed by atoms with Crippen molar-refractivity contribution >= 4 is 34.3 Å². The molecule has 3 rings (SSSR count). The summed E-state index contributed by atoms with van der Waals surface area (Å²) >= 11 is 1.71. The van der Waals surface area contributed by atoms with Gasteiger partial charge < -0.3 is 10.3 Å². The van der Waals surface area contributed by atoms with Crippen LogP contribution in [0.5, 0.6) is 0 Å². The third kappa shape index (κ3) is 2.70. The third-order valence-electron chi connectivity index (χ3n) is 2.95. The Morgan fingerprint density at radius 3 is 2.60 bits per heavy atom. The molecule has 3 aromatic rings. The molecule has 3 nitrogen and oxygen atoms in total. The van der Waals surface area contributed by atoms with E-state index < -0.39 is 0 Å². The lowest BCUT2D eigenvalue weighted by Gasteiger charge is -2.04. The van der Waals surface area contributed by atoms with Gasteiger partial charge in [-0.3, -0.25) is 4.79 Å². The highest BCUT2D eigenvalue weighted by Crippen LogP contribution is 2.33. The van der Waals surface area contributed by atoms with Crippen LogP contribution in [0.4, 0.5) is 5.69 Å². The summed E-state index contributed by atoms with van der Waals surface area (Å²) in [5.41, 5.74) is 1.96. The van der Waals surface area contributed by atoms with Crippen LogP contribution in [0.25, 0.3) is 10.9 Å². The lowest BCUT2D eigenvalue weighted by Crippen LogP contribution is -2.05. The number of fused-ring (bicyclic) bond motifs is 1. The number of nitrogens with one attached hydrogen (secondary N) is 2. The van der Waals surface area contributed by atoms with Crippen LogP contribution >= 0.6 is 11.8 Å². The van der Waals surface area contributed by atoms with Crippen LogP contribution in [0, 0.1) is 0 Å². The molecule has 0 aliphatic rings. The van der Waals surface area contributed by atoms with Crippen molar-refractivity contribution in [2.75, 3.05) is 5.32 Å². The molecule has 1 aromatic heterocycles. The number of para-hydroxylation sites is 1. The SMILES string of the molecule is CC(=O)Nc1ccc(Sc2c[nH]c3ccccc23)cc1. The summed E-state index contributed by atoms with van der Waals surface area (Å²) in [5.74, 6) is -0.0537. The maximum Gasteiger partial charge on any atom is 0.221 e. The number of aromatic amines is 1. The molecule has 0 spiro atoms. The minimum absolute atomic E-state index is 0.0537. The van der Waals surface area contributed by atoms with Crippen molar-refractivity contribution in [3.05, 3.63) is 54.7 Å². The number of carbonyl (C=O) groups excluding carboxylic acids is 1. The zero-order valence-electron chi connectivity index (χ0n) is 11.0. The number of aromatic nitrogens is 1. The van der Waals surface area contributed by atoms with Gasteiger partial charge in [-0.15, -0.1) is 0 Å².